The molecular weight excluding hydrogens is 373 g/mol. The number of Topliss-reactive ketones (excluding diaryl/α,β-unsaturated/α-hetero) is 1. The van der Waals surface area contributed by atoms with Crippen molar-refractivity contribution < 1.29 is 28.8 Å². The third-order valence-corrected chi connectivity index (χ3v) is 6.37. The second-order valence-electron chi connectivity index (χ2n) is 3.65. The summed E-state index contributed by atoms with van der Waals surface area (Å²) in [6.45, 7) is 4.04. The van der Waals surface area contributed by atoms with Crippen LogP contribution < -0.4 is 33.2 Å². The topological polar surface area (TPSA) is 20.1 Å². The fourth-order valence-electron chi connectivity index (χ4n) is 1.55. The Morgan fingerprint density at radius 1 is 1.44 bits per heavy atom. The predicted molar refractivity (Wildman–Crippen MR) is 67.8 cm³/mol. The van der Waals surface area contributed by atoms with Gasteiger partial charge >= 0.3 is 0 Å². The van der Waals surface area contributed by atoms with E-state index in [1.54, 1.807) is 29.0 Å². The van der Waals surface area contributed by atoms with Gasteiger partial charge in [-0.05, 0) is 17.3 Å². The zero-order valence-electron chi connectivity index (χ0n) is 9.07. The summed E-state index contributed by atoms with van der Waals surface area (Å²) >= 11 is 1.66. The lowest BCUT2D eigenvalue weighted by Crippen LogP contribution is -3.00. The van der Waals surface area contributed by atoms with Gasteiger partial charge in [0.1, 0.15) is 18.9 Å². The van der Waals surface area contributed by atoms with Crippen LogP contribution in [0.2, 0.25) is 0 Å². The molecule has 16 heavy (non-hydrogen) atoms. The molecule has 1 aliphatic rings. The van der Waals surface area contributed by atoms with Crippen LogP contribution in [0.25, 0.3) is 0 Å². The number of thioether (sulfide) groups is 1. The normalized spacial score (nSPS) is 14.9. The Bertz CT molecular complexity index is 416. The predicted octanol–water partition coefficient (Wildman–Crippen LogP) is -0.939. The van der Waals surface area contributed by atoms with Gasteiger partial charge in [0.2, 0.25) is 0 Å². The largest absolute Gasteiger partial charge is 1.00 e. The van der Waals surface area contributed by atoms with Crippen molar-refractivity contribution in [1.82, 2.24) is 4.58 Å². The molecule has 0 aliphatic carbocycles. The molecule has 0 saturated carbocycles. The van der Waals surface area contributed by atoms with Crippen LogP contribution in [0.15, 0.2) is 10.3 Å². The maximum absolute atomic E-state index is 10.9. The summed E-state index contributed by atoms with van der Waals surface area (Å²) in [5.41, 5.74) is 0. The van der Waals surface area contributed by atoms with Crippen LogP contribution in [-0.2, 0) is 4.79 Å². The van der Waals surface area contributed by atoms with Gasteiger partial charge in [-0.2, -0.15) is 0 Å². The van der Waals surface area contributed by atoms with E-state index in [2.05, 4.69) is 10.6 Å². The van der Waals surface area contributed by atoms with Crippen molar-refractivity contribution in [2.75, 3.05) is 18.8 Å². The molecule has 0 N–H and O–H groups in total. The number of ketones is 1. The van der Waals surface area contributed by atoms with Crippen molar-refractivity contribution in [1.29, 1.82) is 0 Å². The van der Waals surface area contributed by atoms with Gasteiger partial charge in [0, 0.05) is 18.9 Å². The van der Waals surface area contributed by atoms with Crippen LogP contribution in [0.4, 0.5) is 0 Å². The molecule has 0 spiro atoms. The lowest BCUT2D eigenvalue weighted by molar-refractivity contribution is -0.114. The number of rotatable bonds is 3. The minimum atomic E-state index is 0. The molecule has 1 fully saturated rings. The first kappa shape index (κ1) is 14.7. The van der Waals surface area contributed by atoms with Gasteiger partial charge < -0.3 is 24.0 Å². The van der Waals surface area contributed by atoms with Crippen molar-refractivity contribution in [3.8, 4) is 0 Å². The van der Waals surface area contributed by atoms with E-state index >= 15 is 0 Å². The van der Waals surface area contributed by atoms with Crippen LogP contribution >= 0.6 is 32.4 Å². The fourth-order valence-corrected chi connectivity index (χ4v) is 5.24. The van der Waals surface area contributed by atoms with Gasteiger partial charge in [-0.15, -0.1) is 11.8 Å². The molecule has 0 amide bonds. The highest BCUT2D eigenvalue weighted by atomic mass is 127. The Hall–Kier alpha value is 0.600. The Balaban J connectivity index is 0.00000128. The Kier molecular flexibility index (Phi) is 6.53. The number of carbonyl (C=O) groups is 1. The molecule has 0 atom stereocenters. The third kappa shape index (κ3) is 4.12. The lowest BCUT2D eigenvalue weighted by Gasteiger charge is -1.89. The van der Waals surface area contributed by atoms with Gasteiger partial charge in [0.05, 0.1) is 9.96 Å². The van der Waals surface area contributed by atoms with Crippen LogP contribution in [0.1, 0.15) is 19.8 Å². The average molecular weight is 387 g/mol. The maximum Gasteiger partial charge on any atom is 0.268 e. The summed E-state index contributed by atoms with van der Waals surface area (Å²) in [5.74, 6) is 0.855. The van der Waals surface area contributed by atoms with E-state index in [4.69, 9.17) is 0 Å². The van der Waals surface area contributed by atoms with Crippen LogP contribution in [0.3, 0.4) is 0 Å². The van der Waals surface area contributed by atoms with Gasteiger partial charge in [-0.3, -0.25) is 4.79 Å². The Morgan fingerprint density at radius 3 is 2.75 bits per heavy atom. The molecule has 1 saturated heterocycles. The zero-order chi connectivity index (χ0) is 10.7. The lowest BCUT2D eigenvalue weighted by atomic mass is 10.4. The highest BCUT2D eigenvalue weighted by molar-refractivity contribution is 8.03. The molecular formula is C10H14INOS3. The van der Waals surface area contributed by atoms with Crippen LogP contribution in [-0.4, -0.2) is 24.6 Å². The monoisotopic (exact) mass is 387 g/mol. The minimum Gasteiger partial charge on any atom is -1.00 e. The maximum atomic E-state index is 10.9. The van der Waals surface area contributed by atoms with Crippen molar-refractivity contribution in [3.05, 3.63) is 10.7 Å². The van der Waals surface area contributed by atoms with Crippen molar-refractivity contribution in [2.24, 2.45) is 0 Å². The van der Waals surface area contributed by atoms with Crippen molar-refractivity contribution >= 4 is 38.2 Å². The first-order valence-corrected chi connectivity index (χ1v) is 8.19. The molecule has 0 radical (unpaired) electrons. The van der Waals surface area contributed by atoms with Gasteiger partial charge in [-0.1, -0.05) is 10.3 Å². The molecule has 1 aromatic rings. The summed E-state index contributed by atoms with van der Waals surface area (Å²) in [4.78, 5) is 10.9. The quantitative estimate of drug-likeness (QED) is 0.289. The summed E-state index contributed by atoms with van der Waals surface area (Å²) in [6.07, 6.45) is 2.64. The van der Waals surface area contributed by atoms with E-state index in [1.165, 1.54) is 34.8 Å². The first-order chi connectivity index (χ1) is 7.25. The molecule has 0 unspecified atom stereocenters. The third-order valence-electron chi connectivity index (χ3n) is 2.29. The molecule has 1 aliphatic heterocycles. The molecule has 2 heterocycles. The number of nitrogens with zero attached hydrogens (tertiary/aromatic N) is 1. The van der Waals surface area contributed by atoms with Gasteiger partial charge in [0.15, 0.2) is 0 Å². The Morgan fingerprint density at radius 2 is 2.12 bits per heavy atom. The van der Waals surface area contributed by atoms with E-state index in [1.807, 2.05) is 10.3 Å². The van der Waals surface area contributed by atoms with Crippen LogP contribution in [0.5, 0.6) is 0 Å². The van der Waals surface area contributed by atoms with E-state index in [9.17, 15) is 4.79 Å². The van der Waals surface area contributed by atoms with Crippen molar-refractivity contribution in [3.63, 3.8) is 0 Å². The first-order valence-electron chi connectivity index (χ1n) is 5.06. The zero-order valence-corrected chi connectivity index (χ0v) is 13.7. The standard InChI is InChI=1S/C10H14NOS3.HI/c1-8(12)7-13-10-6-9(14-15-10)11-4-2-3-5-11;/h6H,2-5,7H2,1H3;1H/q+1;/p-1. The average Bonchev–Trinajstić information content (AvgIpc) is 2.85. The SMILES string of the molecule is CC(=O)CSc1cc(=[N+]2CCCC2)ss1.[I-]. The second kappa shape index (κ2) is 7.13. The van der Waals surface area contributed by atoms with Gasteiger partial charge in [0.25, 0.3) is 4.67 Å². The number of carbonyl (C=O) groups excluding carboxylic acids is 1. The van der Waals surface area contributed by atoms with E-state index in [0.29, 0.717) is 5.75 Å². The number of hydrogen-bond acceptors (Lipinski definition) is 4. The van der Waals surface area contributed by atoms with E-state index < -0.39 is 0 Å². The highest BCUT2D eigenvalue weighted by Gasteiger charge is 2.15. The molecule has 6 heteroatoms. The smallest absolute Gasteiger partial charge is 0.268 e. The molecule has 0 aromatic carbocycles. The summed E-state index contributed by atoms with van der Waals surface area (Å²) < 4.78 is 5.10. The van der Waals surface area contributed by atoms with Crippen LogP contribution in [0, 0.1) is 0 Å². The highest BCUT2D eigenvalue weighted by Crippen LogP contribution is 2.23. The summed E-state index contributed by atoms with van der Waals surface area (Å²) in [5, 5.41) is 0. The Labute approximate surface area is 124 Å². The molecule has 2 nitrogen and oxygen atoms in total. The summed E-state index contributed by atoms with van der Waals surface area (Å²) in [7, 11) is 3.62. The van der Waals surface area contributed by atoms with Crippen molar-refractivity contribution in [2.45, 2.75) is 24.0 Å². The minimum absolute atomic E-state index is 0. The molecule has 2 rings (SSSR count). The van der Waals surface area contributed by atoms with Gasteiger partial charge in [-0.25, -0.2) is 4.58 Å². The number of hydrogen-bond donors (Lipinski definition) is 0. The fraction of sp³-hybridized carbons (Fsp3) is 0.600. The summed E-state index contributed by atoms with van der Waals surface area (Å²) in [6, 6.07) is 2.23. The molecule has 0 bridgehead atoms. The molecule has 90 valence electrons. The van der Waals surface area contributed by atoms with E-state index in [-0.39, 0.29) is 29.8 Å². The van der Waals surface area contributed by atoms with E-state index in [0.717, 1.165) is 0 Å². The molecule has 1 aromatic heterocycles. The number of halogens is 1. The second-order valence-corrected chi connectivity index (χ2v) is 7.12.